The highest BCUT2D eigenvalue weighted by Crippen LogP contribution is 2.39. The van der Waals surface area contributed by atoms with E-state index in [4.69, 9.17) is 19.9 Å². The Morgan fingerprint density at radius 1 is 0.667 bits per heavy atom. The van der Waals surface area contributed by atoms with Crippen LogP contribution < -0.4 is 0 Å². The third kappa shape index (κ3) is 12.9. The predicted molar refractivity (Wildman–Crippen MR) is 122 cm³/mol. The third-order valence-corrected chi connectivity index (χ3v) is 5.75. The van der Waals surface area contributed by atoms with E-state index in [1.54, 1.807) is 0 Å². The van der Waals surface area contributed by atoms with Gasteiger partial charge in [-0.25, -0.2) is 9.68 Å². The quantitative estimate of drug-likeness (QED) is 0.173. The van der Waals surface area contributed by atoms with Gasteiger partial charge in [-0.05, 0) is 19.3 Å². The molecule has 0 bridgehead atoms. The van der Waals surface area contributed by atoms with Crippen molar-refractivity contribution in [2.75, 3.05) is 26.4 Å². The van der Waals surface area contributed by atoms with E-state index in [-0.39, 0.29) is 32.3 Å². The lowest BCUT2D eigenvalue weighted by atomic mass is 9.73. The van der Waals surface area contributed by atoms with Gasteiger partial charge in [-0.3, -0.25) is 4.79 Å². The Morgan fingerprint density at radius 2 is 1.07 bits per heavy atom. The second-order valence-corrected chi connectivity index (χ2v) is 8.39. The molecule has 0 aliphatic carbocycles. The van der Waals surface area contributed by atoms with Crippen molar-refractivity contribution >= 4 is 5.91 Å². The van der Waals surface area contributed by atoms with Gasteiger partial charge in [0.25, 0.3) is 5.91 Å². The summed E-state index contributed by atoms with van der Waals surface area (Å²) in [4.78, 5) is 24.3. The third-order valence-electron chi connectivity index (χ3n) is 5.75. The molecule has 0 rings (SSSR count). The number of carbonyl (C=O) groups excluding carboxylic acids is 1. The molecule has 6 nitrogen and oxygen atoms in total. The Balaban J connectivity index is 5.08. The maximum absolute atomic E-state index is 13.5. The Kier molecular flexibility index (Phi) is 19.8. The van der Waals surface area contributed by atoms with Crippen LogP contribution >= 0.6 is 0 Å². The highest BCUT2D eigenvalue weighted by Gasteiger charge is 2.41. The number of aliphatic hydroxyl groups excluding tert-OH is 2. The first kappa shape index (κ1) is 29.3. The van der Waals surface area contributed by atoms with Gasteiger partial charge in [0.15, 0.2) is 0 Å². The first-order valence-corrected chi connectivity index (χ1v) is 12.4. The van der Waals surface area contributed by atoms with E-state index in [1.807, 2.05) is 0 Å². The molecule has 0 saturated heterocycles. The standard InChI is InChI=1S/C24H49NO5/c1-4-7-10-11-12-13-14-15-18-24(16-8-5-2,17-9-6-3)23(28)25(29-21-19-26)30-22-20-27/h26-27H,4-22H2,1-3H3. The highest BCUT2D eigenvalue weighted by atomic mass is 17.0. The number of amides is 1. The Bertz CT molecular complexity index is 376. The van der Waals surface area contributed by atoms with E-state index in [2.05, 4.69) is 20.8 Å². The number of hydrogen-bond acceptors (Lipinski definition) is 5. The molecule has 0 fully saturated rings. The summed E-state index contributed by atoms with van der Waals surface area (Å²) in [6.45, 7) is 6.13. The number of rotatable bonds is 22. The van der Waals surface area contributed by atoms with Gasteiger partial charge in [0.1, 0.15) is 13.2 Å². The van der Waals surface area contributed by atoms with Crippen LogP contribution in [0.1, 0.15) is 117 Å². The number of carbonyl (C=O) groups is 1. The Morgan fingerprint density at radius 3 is 1.50 bits per heavy atom. The smallest absolute Gasteiger partial charge is 0.279 e. The zero-order valence-electron chi connectivity index (χ0n) is 20.0. The number of nitrogens with zero attached hydrogens (tertiary/aromatic N) is 1. The predicted octanol–water partition coefficient (Wildman–Crippen LogP) is 5.56. The number of hydroxylamine groups is 2. The molecule has 0 saturated carbocycles. The summed E-state index contributed by atoms with van der Waals surface area (Å²) in [6.07, 6.45) is 16.4. The van der Waals surface area contributed by atoms with Crippen molar-refractivity contribution in [3.8, 4) is 0 Å². The van der Waals surface area contributed by atoms with Gasteiger partial charge in [-0.1, -0.05) is 103 Å². The van der Waals surface area contributed by atoms with Crippen molar-refractivity contribution in [1.82, 2.24) is 5.23 Å². The van der Waals surface area contributed by atoms with Crippen molar-refractivity contribution in [2.24, 2.45) is 5.41 Å². The van der Waals surface area contributed by atoms with Crippen molar-refractivity contribution in [3.63, 3.8) is 0 Å². The molecule has 30 heavy (non-hydrogen) atoms. The van der Waals surface area contributed by atoms with Crippen LogP contribution in [0, 0.1) is 5.41 Å². The lowest BCUT2D eigenvalue weighted by Gasteiger charge is -2.36. The molecule has 0 aromatic heterocycles. The SMILES string of the molecule is CCCCCCCCCCC(CCCC)(CCCC)C(=O)N(OCCO)OCCO. The molecule has 0 spiro atoms. The molecule has 180 valence electrons. The minimum atomic E-state index is -0.501. The van der Waals surface area contributed by atoms with Crippen molar-refractivity contribution in [3.05, 3.63) is 0 Å². The van der Waals surface area contributed by atoms with Crippen LogP contribution in [-0.2, 0) is 14.5 Å². The summed E-state index contributed by atoms with van der Waals surface area (Å²) in [7, 11) is 0. The second kappa shape index (κ2) is 20.2. The fourth-order valence-electron chi connectivity index (χ4n) is 3.92. The lowest BCUT2D eigenvalue weighted by molar-refractivity contribution is -0.350. The molecule has 0 heterocycles. The van der Waals surface area contributed by atoms with Crippen LogP contribution in [0.4, 0.5) is 0 Å². The molecule has 1 amide bonds. The maximum atomic E-state index is 13.5. The lowest BCUT2D eigenvalue weighted by Crippen LogP contribution is -2.45. The molecule has 2 N–H and O–H groups in total. The summed E-state index contributed by atoms with van der Waals surface area (Å²) in [5.41, 5.74) is -0.501. The van der Waals surface area contributed by atoms with Gasteiger partial charge in [0.2, 0.25) is 0 Å². The molecule has 0 aliphatic heterocycles. The average Bonchev–Trinajstić information content (AvgIpc) is 2.76. The summed E-state index contributed by atoms with van der Waals surface area (Å²) in [5, 5.41) is 19.2. The van der Waals surface area contributed by atoms with Crippen molar-refractivity contribution in [2.45, 2.75) is 117 Å². The van der Waals surface area contributed by atoms with Gasteiger partial charge in [-0.2, -0.15) is 0 Å². The molecule has 6 heteroatoms. The highest BCUT2D eigenvalue weighted by molar-refractivity contribution is 5.81. The largest absolute Gasteiger partial charge is 0.394 e. The number of aliphatic hydroxyl groups is 2. The first-order chi connectivity index (χ1) is 14.6. The van der Waals surface area contributed by atoms with E-state index in [0.717, 1.165) is 63.0 Å². The molecular formula is C24H49NO5. The summed E-state index contributed by atoms with van der Waals surface area (Å²) in [6, 6.07) is 0. The second-order valence-electron chi connectivity index (χ2n) is 8.39. The van der Waals surface area contributed by atoms with E-state index in [1.165, 1.54) is 38.5 Å². The zero-order valence-corrected chi connectivity index (χ0v) is 20.0. The Hall–Kier alpha value is -0.690. The molecular weight excluding hydrogens is 382 g/mol. The number of hydrogen-bond donors (Lipinski definition) is 2. The van der Waals surface area contributed by atoms with Crippen LogP contribution in [0.25, 0.3) is 0 Å². The van der Waals surface area contributed by atoms with E-state index >= 15 is 0 Å². The normalized spacial score (nSPS) is 11.8. The summed E-state index contributed by atoms with van der Waals surface area (Å²) in [5.74, 6) is -0.158. The molecule has 0 aromatic carbocycles. The average molecular weight is 432 g/mol. The molecule has 0 aromatic rings. The van der Waals surface area contributed by atoms with Crippen LogP contribution in [-0.4, -0.2) is 47.8 Å². The molecule has 0 atom stereocenters. The van der Waals surface area contributed by atoms with E-state index in [0.29, 0.717) is 0 Å². The number of unbranched alkanes of at least 4 members (excludes halogenated alkanes) is 9. The van der Waals surface area contributed by atoms with E-state index in [9.17, 15) is 4.79 Å². The van der Waals surface area contributed by atoms with Crippen LogP contribution in [0.5, 0.6) is 0 Å². The van der Waals surface area contributed by atoms with Crippen molar-refractivity contribution < 1.29 is 24.7 Å². The van der Waals surface area contributed by atoms with Gasteiger partial charge in [-0.15, -0.1) is 0 Å². The zero-order chi connectivity index (χ0) is 22.5. The minimum Gasteiger partial charge on any atom is -0.394 e. The molecule has 0 aliphatic rings. The molecule has 0 radical (unpaired) electrons. The first-order valence-electron chi connectivity index (χ1n) is 12.4. The topological polar surface area (TPSA) is 79.2 Å². The van der Waals surface area contributed by atoms with Crippen molar-refractivity contribution in [1.29, 1.82) is 0 Å². The van der Waals surface area contributed by atoms with Gasteiger partial charge in [0, 0.05) is 0 Å². The fraction of sp³-hybridized carbons (Fsp3) is 0.958. The fourth-order valence-corrected chi connectivity index (χ4v) is 3.92. The van der Waals surface area contributed by atoms with Gasteiger partial charge < -0.3 is 10.2 Å². The summed E-state index contributed by atoms with van der Waals surface area (Å²) < 4.78 is 0. The van der Waals surface area contributed by atoms with Crippen LogP contribution in [0.15, 0.2) is 0 Å². The summed E-state index contributed by atoms with van der Waals surface area (Å²) >= 11 is 0. The Labute approximate surface area is 185 Å². The van der Waals surface area contributed by atoms with Gasteiger partial charge in [0.05, 0.1) is 18.6 Å². The van der Waals surface area contributed by atoms with Crippen LogP contribution in [0.2, 0.25) is 0 Å². The monoisotopic (exact) mass is 431 g/mol. The van der Waals surface area contributed by atoms with E-state index < -0.39 is 5.41 Å². The minimum absolute atomic E-state index is 0.00738. The maximum Gasteiger partial charge on any atom is 0.279 e. The van der Waals surface area contributed by atoms with Gasteiger partial charge >= 0.3 is 0 Å². The van der Waals surface area contributed by atoms with Crippen LogP contribution in [0.3, 0.4) is 0 Å². The molecule has 0 unspecified atom stereocenters.